The number of methoxy groups -OCH3 is 1. The molecule has 0 radical (unpaired) electrons. The number of carbonyl (C=O) groups excluding carboxylic acids is 2. The predicted octanol–water partition coefficient (Wildman–Crippen LogP) is 3.83. The predicted molar refractivity (Wildman–Crippen MR) is 117 cm³/mol. The number of amides is 2. The molecule has 160 valence electrons. The highest BCUT2D eigenvalue weighted by molar-refractivity contribution is 5.94. The zero-order valence-corrected chi connectivity index (χ0v) is 17.4. The maximum Gasteiger partial charge on any atom is 0.246 e. The molecular weight excluding hydrogens is 397 g/mol. The van der Waals surface area contributed by atoms with Gasteiger partial charge in [0.2, 0.25) is 11.8 Å². The summed E-state index contributed by atoms with van der Waals surface area (Å²) in [6.07, 6.45) is 9.53. The number of carbonyl (C=O) groups is 2. The Morgan fingerprint density at radius 3 is 2.97 bits per heavy atom. The quantitative estimate of drug-likeness (QED) is 0.762. The molecule has 7 heteroatoms. The van der Waals surface area contributed by atoms with Gasteiger partial charge >= 0.3 is 0 Å². The molecule has 31 heavy (non-hydrogen) atoms. The molecule has 0 fully saturated rings. The van der Waals surface area contributed by atoms with Crippen LogP contribution in [0, 0.1) is 5.82 Å². The third-order valence-electron chi connectivity index (χ3n) is 5.54. The second-order valence-corrected chi connectivity index (χ2v) is 7.62. The molecule has 1 aromatic heterocycles. The van der Waals surface area contributed by atoms with Crippen molar-refractivity contribution in [3.8, 4) is 5.75 Å². The highest BCUT2D eigenvalue weighted by Crippen LogP contribution is 2.31. The summed E-state index contributed by atoms with van der Waals surface area (Å²) in [6, 6.07) is 6.43. The van der Waals surface area contributed by atoms with Gasteiger partial charge in [0, 0.05) is 37.3 Å². The van der Waals surface area contributed by atoms with Gasteiger partial charge in [-0.25, -0.2) is 9.37 Å². The maximum absolute atomic E-state index is 13.7. The third kappa shape index (κ3) is 4.82. The molecule has 6 nitrogen and oxygen atoms in total. The summed E-state index contributed by atoms with van der Waals surface area (Å²) < 4.78 is 19.1. The summed E-state index contributed by atoms with van der Waals surface area (Å²) in [4.78, 5) is 30.2. The van der Waals surface area contributed by atoms with E-state index >= 15 is 0 Å². The van der Waals surface area contributed by atoms with E-state index in [0.29, 0.717) is 37.5 Å². The van der Waals surface area contributed by atoms with Crippen molar-refractivity contribution < 1.29 is 18.7 Å². The largest absolute Gasteiger partial charge is 0.496 e. The van der Waals surface area contributed by atoms with Crippen LogP contribution in [0.25, 0.3) is 11.6 Å². The number of anilines is 1. The summed E-state index contributed by atoms with van der Waals surface area (Å²) in [5, 5.41) is 2.75. The average molecular weight is 421 g/mol. The van der Waals surface area contributed by atoms with E-state index in [1.807, 2.05) is 12.1 Å². The van der Waals surface area contributed by atoms with Crippen molar-refractivity contribution in [3.63, 3.8) is 0 Å². The number of pyridine rings is 1. The first-order valence-electron chi connectivity index (χ1n) is 10.3. The molecule has 2 amide bonds. The van der Waals surface area contributed by atoms with Crippen molar-refractivity contribution in [1.29, 1.82) is 0 Å². The molecular formula is C24H24FN3O3. The normalized spacial score (nSPS) is 16.4. The molecule has 1 aromatic carbocycles. The number of aromatic nitrogens is 1. The average Bonchev–Trinajstić information content (AvgIpc) is 3.03. The Kier molecular flexibility index (Phi) is 6.11. The zero-order valence-electron chi connectivity index (χ0n) is 17.4. The summed E-state index contributed by atoms with van der Waals surface area (Å²) in [7, 11) is 1.57. The molecule has 0 saturated heterocycles. The molecule has 0 spiro atoms. The molecule has 0 atom stereocenters. The minimum Gasteiger partial charge on any atom is -0.496 e. The molecule has 3 heterocycles. The van der Waals surface area contributed by atoms with Crippen LogP contribution in [0.1, 0.15) is 36.0 Å². The SMILES string of the molecule is COc1ccc(F)cc1C1=CCN(C(=O)/C=C/c2cnc3c(c2)CCC(=O)N3)CCC1. The first kappa shape index (κ1) is 20.8. The molecule has 0 aliphatic carbocycles. The van der Waals surface area contributed by atoms with E-state index < -0.39 is 0 Å². The third-order valence-corrected chi connectivity index (χ3v) is 5.54. The van der Waals surface area contributed by atoms with Gasteiger partial charge in [-0.3, -0.25) is 9.59 Å². The van der Waals surface area contributed by atoms with Crippen LogP contribution in [0.15, 0.2) is 42.6 Å². The molecule has 0 unspecified atom stereocenters. The number of halogens is 1. The van der Waals surface area contributed by atoms with Crippen LogP contribution >= 0.6 is 0 Å². The van der Waals surface area contributed by atoms with E-state index in [4.69, 9.17) is 4.74 Å². The number of benzene rings is 1. The minimum absolute atomic E-state index is 0.0251. The summed E-state index contributed by atoms with van der Waals surface area (Å²) >= 11 is 0. The standard InChI is InChI=1S/C24H24FN3O3/c1-31-21-7-6-19(25)14-20(21)17-3-2-11-28(12-10-17)23(30)9-4-16-13-18-5-8-22(29)27-24(18)26-15-16/h4,6-7,9-10,13-15H,2-3,5,8,11-12H2,1H3,(H,26,27,29)/b9-4+. The minimum atomic E-state index is -0.310. The fourth-order valence-electron chi connectivity index (χ4n) is 3.89. The first-order valence-corrected chi connectivity index (χ1v) is 10.3. The Balaban J connectivity index is 1.45. The second-order valence-electron chi connectivity index (χ2n) is 7.62. The Morgan fingerprint density at radius 2 is 2.13 bits per heavy atom. The van der Waals surface area contributed by atoms with Crippen LogP contribution in [-0.2, 0) is 16.0 Å². The topological polar surface area (TPSA) is 71.5 Å². The van der Waals surface area contributed by atoms with E-state index in [2.05, 4.69) is 10.3 Å². The number of fused-ring (bicyclic) bond motifs is 1. The number of nitrogens with zero attached hydrogens (tertiary/aromatic N) is 2. The van der Waals surface area contributed by atoms with Gasteiger partial charge in [-0.2, -0.15) is 0 Å². The van der Waals surface area contributed by atoms with Gasteiger partial charge in [0.25, 0.3) is 0 Å². The molecule has 1 N–H and O–H groups in total. The molecule has 0 bridgehead atoms. The van der Waals surface area contributed by atoms with Crippen molar-refractivity contribution in [1.82, 2.24) is 9.88 Å². The monoisotopic (exact) mass is 421 g/mol. The van der Waals surface area contributed by atoms with Crippen molar-refractivity contribution in [2.75, 3.05) is 25.5 Å². The summed E-state index contributed by atoms with van der Waals surface area (Å²) in [5.41, 5.74) is 3.51. The lowest BCUT2D eigenvalue weighted by molar-refractivity contribution is -0.125. The zero-order chi connectivity index (χ0) is 21.8. The van der Waals surface area contributed by atoms with Crippen molar-refractivity contribution >= 4 is 29.3 Å². The lowest BCUT2D eigenvalue weighted by Gasteiger charge is -2.17. The molecule has 2 aliphatic rings. The van der Waals surface area contributed by atoms with Crippen molar-refractivity contribution in [2.45, 2.75) is 25.7 Å². The number of nitrogens with one attached hydrogen (secondary N) is 1. The summed E-state index contributed by atoms with van der Waals surface area (Å²) in [6.45, 7) is 1.07. The van der Waals surface area contributed by atoms with Crippen LogP contribution in [0.5, 0.6) is 5.75 Å². The number of ether oxygens (including phenoxy) is 1. The molecule has 4 rings (SSSR count). The van der Waals surface area contributed by atoms with Crippen molar-refractivity contribution in [2.24, 2.45) is 0 Å². The van der Waals surface area contributed by atoms with Gasteiger partial charge in [0.15, 0.2) is 0 Å². The van der Waals surface area contributed by atoms with Crippen LogP contribution in [0.4, 0.5) is 10.2 Å². The highest BCUT2D eigenvalue weighted by atomic mass is 19.1. The number of hydrogen-bond donors (Lipinski definition) is 1. The van der Waals surface area contributed by atoms with E-state index in [9.17, 15) is 14.0 Å². The highest BCUT2D eigenvalue weighted by Gasteiger charge is 2.18. The Hall–Kier alpha value is -3.48. The van der Waals surface area contributed by atoms with Crippen LogP contribution in [0.2, 0.25) is 0 Å². The second kappa shape index (κ2) is 9.12. The van der Waals surface area contributed by atoms with E-state index in [0.717, 1.165) is 35.1 Å². The van der Waals surface area contributed by atoms with Crippen LogP contribution in [0.3, 0.4) is 0 Å². The fourth-order valence-corrected chi connectivity index (χ4v) is 3.89. The van der Waals surface area contributed by atoms with Gasteiger partial charge in [-0.1, -0.05) is 6.08 Å². The Bertz CT molecular complexity index is 1080. The van der Waals surface area contributed by atoms with Crippen molar-refractivity contribution in [3.05, 3.63) is 65.1 Å². The smallest absolute Gasteiger partial charge is 0.246 e. The van der Waals surface area contributed by atoms with Crippen LogP contribution in [-0.4, -0.2) is 41.9 Å². The number of allylic oxidation sites excluding steroid dienone is 1. The molecule has 2 aromatic rings. The first-order chi connectivity index (χ1) is 15.0. The van der Waals surface area contributed by atoms with Gasteiger partial charge in [0.1, 0.15) is 17.4 Å². The number of rotatable bonds is 4. The summed E-state index contributed by atoms with van der Waals surface area (Å²) in [5.74, 6) is 0.800. The van der Waals surface area contributed by atoms with E-state index in [-0.39, 0.29) is 17.6 Å². The Morgan fingerprint density at radius 1 is 1.26 bits per heavy atom. The van der Waals surface area contributed by atoms with E-state index in [1.165, 1.54) is 12.1 Å². The van der Waals surface area contributed by atoms with Gasteiger partial charge in [-0.15, -0.1) is 0 Å². The van der Waals surface area contributed by atoms with Gasteiger partial charge < -0.3 is 15.0 Å². The van der Waals surface area contributed by atoms with Gasteiger partial charge in [-0.05, 0) is 66.3 Å². The Labute approximate surface area is 180 Å². The lowest BCUT2D eigenvalue weighted by atomic mass is 10.0. The lowest BCUT2D eigenvalue weighted by Crippen LogP contribution is -2.29. The molecule has 0 saturated carbocycles. The maximum atomic E-state index is 13.7. The number of hydrogen-bond acceptors (Lipinski definition) is 4. The van der Waals surface area contributed by atoms with E-state index in [1.54, 1.807) is 36.4 Å². The van der Waals surface area contributed by atoms with Crippen LogP contribution < -0.4 is 10.1 Å². The van der Waals surface area contributed by atoms with Gasteiger partial charge in [0.05, 0.1) is 7.11 Å². The molecule has 2 aliphatic heterocycles. The number of aryl methyl sites for hydroxylation is 1. The fraction of sp³-hybridized carbons (Fsp3) is 0.292.